The Kier molecular flexibility index (Phi) is 5.33. The molecule has 0 aliphatic heterocycles. The minimum absolute atomic E-state index is 0.617. The van der Waals surface area contributed by atoms with Crippen LogP contribution in [0.15, 0.2) is 24.5 Å². The van der Waals surface area contributed by atoms with E-state index < -0.39 is 0 Å². The summed E-state index contributed by atoms with van der Waals surface area (Å²) in [5, 5.41) is 0. The number of pyridine rings is 1. The van der Waals surface area contributed by atoms with Crippen LogP contribution in [-0.4, -0.2) is 37.7 Å². The first-order valence-electron chi connectivity index (χ1n) is 4.58. The lowest BCUT2D eigenvalue weighted by Crippen LogP contribution is -2.29. The normalized spacial score (nSPS) is 10.1. The molecular weight excluding hydrogens is 200 g/mol. The Bertz CT molecular complexity index is 243. The SMILES string of the molecule is COCCN(CCCl)c1ccncc1. The molecule has 0 aromatic carbocycles. The summed E-state index contributed by atoms with van der Waals surface area (Å²) in [6.07, 6.45) is 3.56. The molecule has 0 aliphatic carbocycles. The largest absolute Gasteiger partial charge is 0.383 e. The summed E-state index contributed by atoms with van der Waals surface area (Å²) in [5.74, 6) is 0.617. The van der Waals surface area contributed by atoms with Gasteiger partial charge in [0.25, 0.3) is 0 Å². The summed E-state index contributed by atoms with van der Waals surface area (Å²) in [6, 6.07) is 3.95. The topological polar surface area (TPSA) is 25.4 Å². The Morgan fingerprint density at radius 3 is 2.64 bits per heavy atom. The van der Waals surface area contributed by atoms with Crippen molar-refractivity contribution in [1.82, 2.24) is 4.98 Å². The highest BCUT2D eigenvalue weighted by Gasteiger charge is 2.04. The van der Waals surface area contributed by atoms with Crippen molar-refractivity contribution in [3.05, 3.63) is 24.5 Å². The number of anilines is 1. The van der Waals surface area contributed by atoms with Crippen molar-refractivity contribution < 1.29 is 4.74 Å². The summed E-state index contributed by atoms with van der Waals surface area (Å²) >= 11 is 5.73. The van der Waals surface area contributed by atoms with Crippen LogP contribution in [0.4, 0.5) is 5.69 Å². The molecule has 1 rings (SSSR count). The summed E-state index contributed by atoms with van der Waals surface area (Å²) in [4.78, 5) is 6.16. The molecule has 4 heteroatoms. The highest BCUT2D eigenvalue weighted by atomic mass is 35.5. The van der Waals surface area contributed by atoms with Crippen molar-refractivity contribution >= 4 is 17.3 Å². The number of alkyl halides is 1. The fourth-order valence-electron chi connectivity index (χ4n) is 1.23. The third kappa shape index (κ3) is 3.52. The van der Waals surface area contributed by atoms with Crippen LogP contribution in [0, 0.1) is 0 Å². The van der Waals surface area contributed by atoms with Crippen LogP contribution in [0.3, 0.4) is 0 Å². The number of methoxy groups -OCH3 is 1. The highest BCUT2D eigenvalue weighted by molar-refractivity contribution is 6.18. The molecule has 0 amide bonds. The second-order valence-corrected chi connectivity index (χ2v) is 3.25. The zero-order chi connectivity index (χ0) is 10.2. The third-order valence-corrected chi connectivity index (χ3v) is 2.12. The van der Waals surface area contributed by atoms with Crippen molar-refractivity contribution in [3.63, 3.8) is 0 Å². The maximum absolute atomic E-state index is 5.73. The lowest BCUT2D eigenvalue weighted by Gasteiger charge is -2.23. The van der Waals surface area contributed by atoms with Crippen LogP contribution in [-0.2, 0) is 4.74 Å². The van der Waals surface area contributed by atoms with E-state index in [-0.39, 0.29) is 0 Å². The number of rotatable bonds is 6. The number of hydrogen-bond donors (Lipinski definition) is 0. The third-order valence-electron chi connectivity index (χ3n) is 1.95. The van der Waals surface area contributed by atoms with Gasteiger partial charge in [0, 0.05) is 44.2 Å². The number of hydrogen-bond acceptors (Lipinski definition) is 3. The molecule has 1 aromatic heterocycles. The van der Waals surface area contributed by atoms with Gasteiger partial charge in [-0.1, -0.05) is 0 Å². The van der Waals surface area contributed by atoms with E-state index in [0.29, 0.717) is 12.5 Å². The molecule has 0 fully saturated rings. The quantitative estimate of drug-likeness (QED) is 0.675. The fraction of sp³-hybridized carbons (Fsp3) is 0.500. The van der Waals surface area contributed by atoms with E-state index in [1.165, 1.54) is 0 Å². The fourth-order valence-corrected chi connectivity index (χ4v) is 1.43. The van der Waals surface area contributed by atoms with Crippen LogP contribution in [0.1, 0.15) is 0 Å². The molecule has 0 bridgehead atoms. The molecule has 0 spiro atoms. The Hall–Kier alpha value is -0.800. The van der Waals surface area contributed by atoms with Gasteiger partial charge < -0.3 is 9.64 Å². The van der Waals surface area contributed by atoms with Gasteiger partial charge in [0.1, 0.15) is 0 Å². The monoisotopic (exact) mass is 214 g/mol. The Morgan fingerprint density at radius 2 is 2.07 bits per heavy atom. The molecule has 0 radical (unpaired) electrons. The van der Waals surface area contributed by atoms with E-state index in [1.54, 1.807) is 19.5 Å². The van der Waals surface area contributed by atoms with Crippen LogP contribution < -0.4 is 4.90 Å². The van der Waals surface area contributed by atoms with Gasteiger partial charge in [-0.25, -0.2) is 0 Å². The van der Waals surface area contributed by atoms with Crippen molar-refractivity contribution in [2.75, 3.05) is 37.6 Å². The van der Waals surface area contributed by atoms with Crippen LogP contribution in [0.5, 0.6) is 0 Å². The van der Waals surface area contributed by atoms with E-state index >= 15 is 0 Å². The summed E-state index contributed by atoms with van der Waals surface area (Å²) in [7, 11) is 1.70. The summed E-state index contributed by atoms with van der Waals surface area (Å²) in [5.41, 5.74) is 1.14. The van der Waals surface area contributed by atoms with Crippen molar-refractivity contribution in [2.24, 2.45) is 0 Å². The second kappa shape index (κ2) is 6.62. The summed E-state index contributed by atoms with van der Waals surface area (Å²) < 4.78 is 5.04. The number of ether oxygens (including phenoxy) is 1. The molecule has 0 N–H and O–H groups in total. The van der Waals surface area contributed by atoms with E-state index in [1.807, 2.05) is 12.1 Å². The average Bonchev–Trinajstić information content (AvgIpc) is 2.25. The van der Waals surface area contributed by atoms with E-state index in [9.17, 15) is 0 Å². The van der Waals surface area contributed by atoms with Crippen LogP contribution in [0.2, 0.25) is 0 Å². The summed E-state index contributed by atoms with van der Waals surface area (Å²) in [6.45, 7) is 2.39. The first kappa shape index (κ1) is 11.3. The van der Waals surface area contributed by atoms with Gasteiger partial charge in [0.15, 0.2) is 0 Å². The first-order valence-corrected chi connectivity index (χ1v) is 5.12. The zero-order valence-corrected chi connectivity index (χ0v) is 9.07. The molecule has 0 saturated carbocycles. The van der Waals surface area contributed by atoms with Gasteiger partial charge in [-0.2, -0.15) is 0 Å². The molecule has 0 unspecified atom stereocenters. The van der Waals surface area contributed by atoms with Crippen molar-refractivity contribution in [2.45, 2.75) is 0 Å². The molecule has 3 nitrogen and oxygen atoms in total. The lowest BCUT2D eigenvalue weighted by atomic mass is 10.3. The van der Waals surface area contributed by atoms with Gasteiger partial charge in [-0.05, 0) is 12.1 Å². The predicted molar refractivity (Wildman–Crippen MR) is 59.0 cm³/mol. The molecule has 0 aliphatic rings. The molecule has 1 aromatic rings. The maximum Gasteiger partial charge on any atom is 0.0637 e. The van der Waals surface area contributed by atoms with Crippen molar-refractivity contribution in [3.8, 4) is 0 Å². The van der Waals surface area contributed by atoms with Gasteiger partial charge >= 0.3 is 0 Å². The second-order valence-electron chi connectivity index (χ2n) is 2.87. The van der Waals surface area contributed by atoms with Crippen LogP contribution in [0.25, 0.3) is 0 Å². The smallest absolute Gasteiger partial charge is 0.0637 e. The van der Waals surface area contributed by atoms with E-state index in [4.69, 9.17) is 16.3 Å². The molecule has 0 atom stereocenters. The minimum Gasteiger partial charge on any atom is -0.383 e. The number of nitrogens with zero attached hydrogens (tertiary/aromatic N) is 2. The minimum atomic E-state index is 0.617. The molecule has 14 heavy (non-hydrogen) atoms. The predicted octanol–water partition coefficient (Wildman–Crippen LogP) is 1.77. The first-order chi connectivity index (χ1) is 6.88. The number of halogens is 1. The average molecular weight is 215 g/mol. The Balaban J connectivity index is 2.58. The highest BCUT2D eigenvalue weighted by Crippen LogP contribution is 2.11. The number of aromatic nitrogens is 1. The van der Waals surface area contributed by atoms with E-state index in [2.05, 4.69) is 9.88 Å². The zero-order valence-electron chi connectivity index (χ0n) is 8.32. The van der Waals surface area contributed by atoms with Gasteiger partial charge in [-0.15, -0.1) is 11.6 Å². The molecule has 1 heterocycles. The Morgan fingerprint density at radius 1 is 1.36 bits per heavy atom. The molecule has 78 valence electrons. The van der Waals surface area contributed by atoms with Gasteiger partial charge in [-0.3, -0.25) is 4.98 Å². The van der Waals surface area contributed by atoms with Crippen molar-refractivity contribution in [1.29, 1.82) is 0 Å². The molecular formula is C10H15ClN2O. The van der Waals surface area contributed by atoms with Crippen LogP contribution >= 0.6 is 11.6 Å². The van der Waals surface area contributed by atoms with E-state index in [0.717, 1.165) is 18.8 Å². The Labute approximate surface area is 89.7 Å². The van der Waals surface area contributed by atoms with Gasteiger partial charge in [0.2, 0.25) is 0 Å². The van der Waals surface area contributed by atoms with Gasteiger partial charge in [0.05, 0.1) is 6.61 Å². The standard InChI is InChI=1S/C10H15ClN2O/c1-14-9-8-13(7-4-11)10-2-5-12-6-3-10/h2-3,5-6H,4,7-9H2,1H3. The maximum atomic E-state index is 5.73. The lowest BCUT2D eigenvalue weighted by molar-refractivity contribution is 0.205. The molecule has 0 saturated heterocycles.